The van der Waals surface area contributed by atoms with Crippen LogP contribution in [0.3, 0.4) is 0 Å². The zero-order chi connectivity index (χ0) is 9.97. The van der Waals surface area contributed by atoms with E-state index in [0.717, 1.165) is 10.6 Å². The summed E-state index contributed by atoms with van der Waals surface area (Å²) in [4.78, 5) is 5.01. The van der Waals surface area contributed by atoms with Gasteiger partial charge in [0.05, 0.1) is 5.51 Å². The molecular weight excluding hydrogens is 198 g/mol. The first kappa shape index (κ1) is 9.43. The Morgan fingerprint density at radius 2 is 2.43 bits per heavy atom. The predicted molar refractivity (Wildman–Crippen MR) is 54.2 cm³/mol. The Balaban J connectivity index is 2.06. The number of furan rings is 1. The average Bonchev–Trinajstić information content (AvgIpc) is 2.75. The Bertz CT molecular complexity index is 394. The van der Waals surface area contributed by atoms with Gasteiger partial charge in [-0.2, -0.15) is 0 Å². The number of hydrogen-bond donors (Lipinski definition) is 1. The molecule has 0 saturated carbocycles. The third kappa shape index (κ3) is 2.02. The van der Waals surface area contributed by atoms with Crippen molar-refractivity contribution >= 4 is 11.3 Å². The first-order chi connectivity index (χ1) is 6.75. The Morgan fingerprint density at radius 3 is 3.00 bits per heavy atom. The normalized spacial score (nSPS) is 13.0. The molecule has 0 spiro atoms. The van der Waals surface area contributed by atoms with Gasteiger partial charge in [-0.1, -0.05) is 0 Å². The van der Waals surface area contributed by atoms with Gasteiger partial charge in [-0.25, -0.2) is 0 Å². The highest BCUT2D eigenvalue weighted by Crippen LogP contribution is 2.21. The molecule has 2 rings (SSSR count). The molecule has 0 aliphatic rings. The summed E-state index contributed by atoms with van der Waals surface area (Å²) in [5, 5.41) is 9.79. The smallest absolute Gasteiger partial charge is 0.133 e. The summed E-state index contributed by atoms with van der Waals surface area (Å²) in [7, 11) is 0. The predicted octanol–water partition coefficient (Wildman–Crippen LogP) is 2.32. The molecule has 2 heterocycles. The van der Waals surface area contributed by atoms with Crippen molar-refractivity contribution in [2.75, 3.05) is 0 Å². The van der Waals surface area contributed by atoms with E-state index < -0.39 is 6.10 Å². The lowest BCUT2D eigenvalue weighted by molar-refractivity contribution is 0.149. The minimum Gasteiger partial charge on any atom is -0.464 e. The monoisotopic (exact) mass is 209 g/mol. The maximum atomic E-state index is 9.79. The minimum atomic E-state index is -0.566. The van der Waals surface area contributed by atoms with Crippen LogP contribution in [0.5, 0.6) is 0 Å². The summed E-state index contributed by atoms with van der Waals surface area (Å²) in [5.41, 5.74) is 1.76. The van der Waals surface area contributed by atoms with E-state index in [1.54, 1.807) is 17.8 Å². The Kier molecular flexibility index (Phi) is 2.65. The molecule has 2 aromatic heterocycles. The minimum absolute atomic E-state index is 0.566. The summed E-state index contributed by atoms with van der Waals surface area (Å²) in [6.07, 6.45) is 1.77. The van der Waals surface area contributed by atoms with Gasteiger partial charge in [-0.05, 0) is 19.1 Å². The number of aromatic nitrogens is 1. The van der Waals surface area contributed by atoms with Gasteiger partial charge in [0.1, 0.15) is 17.6 Å². The average molecular weight is 209 g/mol. The molecule has 1 atom stereocenters. The largest absolute Gasteiger partial charge is 0.464 e. The van der Waals surface area contributed by atoms with Crippen molar-refractivity contribution in [1.82, 2.24) is 4.98 Å². The van der Waals surface area contributed by atoms with Crippen molar-refractivity contribution in [3.8, 4) is 0 Å². The van der Waals surface area contributed by atoms with Crippen LogP contribution in [0.2, 0.25) is 0 Å². The van der Waals surface area contributed by atoms with Crippen LogP contribution in [-0.2, 0) is 6.42 Å². The highest BCUT2D eigenvalue weighted by Gasteiger charge is 2.12. The van der Waals surface area contributed by atoms with Crippen LogP contribution in [0.15, 0.2) is 28.3 Å². The summed E-state index contributed by atoms with van der Waals surface area (Å²) in [6, 6.07) is 3.66. The fraction of sp³-hybridized carbons (Fsp3) is 0.300. The van der Waals surface area contributed by atoms with E-state index in [-0.39, 0.29) is 0 Å². The molecule has 0 aliphatic carbocycles. The second kappa shape index (κ2) is 3.94. The van der Waals surface area contributed by atoms with Gasteiger partial charge in [0, 0.05) is 17.5 Å². The van der Waals surface area contributed by atoms with Gasteiger partial charge in [0.15, 0.2) is 0 Å². The standard InChI is InChI=1S/C10H11NO2S/c1-7-2-3-10(13-7)9(12)4-8-5-11-6-14-8/h2-3,5-6,9,12H,4H2,1H3. The molecule has 0 aromatic carbocycles. The van der Waals surface area contributed by atoms with Gasteiger partial charge in [-0.3, -0.25) is 4.98 Å². The van der Waals surface area contributed by atoms with Crippen molar-refractivity contribution in [1.29, 1.82) is 0 Å². The number of rotatable bonds is 3. The molecule has 0 aliphatic heterocycles. The highest BCUT2D eigenvalue weighted by atomic mass is 32.1. The van der Waals surface area contributed by atoms with Gasteiger partial charge < -0.3 is 9.52 Å². The van der Waals surface area contributed by atoms with Gasteiger partial charge >= 0.3 is 0 Å². The van der Waals surface area contributed by atoms with Crippen molar-refractivity contribution < 1.29 is 9.52 Å². The molecule has 0 radical (unpaired) electrons. The number of nitrogens with zero attached hydrogens (tertiary/aromatic N) is 1. The maximum Gasteiger partial charge on any atom is 0.133 e. The van der Waals surface area contributed by atoms with Crippen LogP contribution >= 0.6 is 11.3 Å². The van der Waals surface area contributed by atoms with Crippen molar-refractivity contribution in [2.45, 2.75) is 19.4 Å². The van der Waals surface area contributed by atoms with E-state index in [0.29, 0.717) is 12.2 Å². The lowest BCUT2D eigenvalue weighted by Gasteiger charge is -2.04. The number of aryl methyl sites for hydroxylation is 1. The summed E-state index contributed by atoms with van der Waals surface area (Å²) in [6.45, 7) is 1.86. The zero-order valence-corrected chi connectivity index (χ0v) is 8.62. The first-order valence-corrected chi connectivity index (χ1v) is 5.25. The fourth-order valence-electron chi connectivity index (χ4n) is 1.27. The van der Waals surface area contributed by atoms with Crippen molar-refractivity contribution in [3.05, 3.63) is 40.2 Å². The quantitative estimate of drug-likeness (QED) is 0.843. The third-order valence-electron chi connectivity index (χ3n) is 1.97. The molecule has 74 valence electrons. The van der Waals surface area contributed by atoms with E-state index in [9.17, 15) is 5.11 Å². The molecule has 1 N–H and O–H groups in total. The molecule has 0 fully saturated rings. The zero-order valence-electron chi connectivity index (χ0n) is 7.80. The molecule has 14 heavy (non-hydrogen) atoms. The third-order valence-corrected chi connectivity index (χ3v) is 2.77. The van der Waals surface area contributed by atoms with Crippen LogP contribution in [0.25, 0.3) is 0 Å². The van der Waals surface area contributed by atoms with Crippen molar-refractivity contribution in [2.24, 2.45) is 0 Å². The van der Waals surface area contributed by atoms with Crippen molar-refractivity contribution in [3.63, 3.8) is 0 Å². The van der Waals surface area contributed by atoms with E-state index in [2.05, 4.69) is 4.98 Å². The number of hydrogen-bond acceptors (Lipinski definition) is 4. The number of thiazole rings is 1. The van der Waals surface area contributed by atoms with E-state index in [1.165, 1.54) is 11.3 Å². The van der Waals surface area contributed by atoms with Crippen LogP contribution in [0.1, 0.15) is 22.5 Å². The summed E-state index contributed by atoms with van der Waals surface area (Å²) in [5.74, 6) is 1.44. The van der Waals surface area contributed by atoms with Crippen LogP contribution in [0.4, 0.5) is 0 Å². The Labute approximate surface area is 86.0 Å². The topological polar surface area (TPSA) is 46.3 Å². The van der Waals surface area contributed by atoms with Crippen LogP contribution < -0.4 is 0 Å². The molecule has 1 unspecified atom stereocenters. The Morgan fingerprint density at radius 1 is 1.57 bits per heavy atom. The highest BCUT2D eigenvalue weighted by molar-refractivity contribution is 7.09. The van der Waals surface area contributed by atoms with Gasteiger partial charge in [0.25, 0.3) is 0 Å². The molecular formula is C10H11NO2S. The fourth-order valence-corrected chi connectivity index (χ4v) is 1.90. The molecule has 0 saturated heterocycles. The van der Waals surface area contributed by atoms with Gasteiger partial charge in [-0.15, -0.1) is 11.3 Å². The summed E-state index contributed by atoms with van der Waals surface area (Å²) < 4.78 is 5.33. The lowest BCUT2D eigenvalue weighted by atomic mass is 10.2. The maximum absolute atomic E-state index is 9.79. The van der Waals surface area contributed by atoms with Crippen LogP contribution in [-0.4, -0.2) is 10.1 Å². The SMILES string of the molecule is Cc1ccc(C(O)Cc2cncs2)o1. The second-order valence-corrected chi connectivity index (χ2v) is 4.11. The van der Waals surface area contributed by atoms with E-state index in [4.69, 9.17) is 4.42 Å². The molecule has 0 amide bonds. The van der Waals surface area contributed by atoms with E-state index >= 15 is 0 Å². The second-order valence-electron chi connectivity index (χ2n) is 3.14. The molecule has 0 bridgehead atoms. The first-order valence-electron chi connectivity index (χ1n) is 4.37. The summed E-state index contributed by atoms with van der Waals surface area (Å²) >= 11 is 1.54. The lowest BCUT2D eigenvalue weighted by Crippen LogP contribution is -1.98. The van der Waals surface area contributed by atoms with Gasteiger partial charge in [0.2, 0.25) is 0 Å². The number of aliphatic hydroxyl groups excluding tert-OH is 1. The number of aliphatic hydroxyl groups is 1. The molecule has 3 nitrogen and oxygen atoms in total. The molecule has 4 heteroatoms. The van der Waals surface area contributed by atoms with Crippen LogP contribution in [0, 0.1) is 6.92 Å². The molecule has 2 aromatic rings. The van der Waals surface area contributed by atoms with E-state index in [1.807, 2.05) is 13.0 Å². The Hall–Kier alpha value is -1.13.